The van der Waals surface area contributed by atoms with Crippen molar-refractivity contribution in [3.8, 4) is 45.6 Å². The third-order valence-electron chi connectivity index (χ3n) is 12.8. The lowest BCUT2D eigenvalue weighted by atomic mass is 9.83. The number of rotatable bonds is 11. The molecule has 0 spiro atoms. The quantitative estimate of drug-likeness (QED) is 0.0544. The minimum atomic E-state index is -0.410. The van der Waals surface area contributed by atoms with Crippen molar-refractivity contribution in [3.63, 3.8) is 0 Å². The number of hydrogen-bond acceptors (Lipinski definition) is 12. The Morgan fingerprint density at radius 2 is 1.15 bits per heavy atom. The number of hydrogen-bond donors (Lipinski definition) is 6. The molecule has 2 fully saturated rings. The standard InChI is InChI=1S/C49H56N4O8/c1-25(2)38-34-19-27(5)40(46(56)42(34)36(44(54)48(38)58)23-50-52-16-8-11-30(52)21-32-12-9-17-60-32)41-28(6)20-35-39(26(3)4)49(59)45(55)37(43(35)47(41)57)24-51-53-29(7)14-15-31(53)22-33-13-10-18-61-33/h9-10,12-13,17-20,23-26,29-31,54-59H,8,11,14-16,21-22H2,1-7H3. The molecule has 2 saturated heterocycles. The van der Waals surface area contributed by atoms with Gasteiger partial charge in [0.1, 0.15) is 23.0 Å². The van der Waals surface area contributed by atoms with Crippen molar-refractivity contribution in [3.05, 3.63) is 93.8 Å². The van der Waals surface area contributed by atoms with Gasteiger partial charge in [-0.2, -0.15) is 10.2 Å². The van der Waals surface area contributed by atoms with Crippen molar-refractivity contribution in [2.45, 2.75) is 117 Å². The van der Waals surface area contributed by atoms with E-state index in [1.807, 2.05) is 88.0 Å². The van der Waals surface area contributed by atoms with E-state index in [-0.39, 0.29) is 74.9 Å². The summed E-state index contributed by atoms with van der Waals surface area (Å²) in [4.78, 5) is 0. The van der Waals surface area contributed by atoms with Gasteiger partial charge in [-0.25, -0.2) is 0 Å². The number of phenolic OH excluding ortho intramolecular Hbond substituents is 6. The Morgan fingerprint density at radius 3 is 1.62 bits per heavy atom. The Balaban J connectivity index is 1.32. The zero-order valence-electron chi connectivity index (χ0n) is 35.9. The van der Waals surface area contributed by atoms with Gasteiger partial charge in [-0.1, -0.05) is 39.8 Å². The van der Waals surface area contributed by atoms with Crippen LogP contribution < -0.4 is 0 Å². The van der Waals surface area contributed by atoms with E-state index in [0.29, 0.717) is 63.5 Å². The number of phenols is 6. The summed E-state index contributed by atoms with van der Waals surface area (Å²) in [6, 6.07) is 11.5. The van der Waals surface area contributed by atoms with Crippen molar-refractivity contribution in [2.75, 3.05) is 6.54 Å². The van der Waals surface area contributed by atoms with Crippen LogP contribution in [-0.2, 0) is 12.8 Å². The summed E-state index contributed by atoms with van der Waals surface area (Å²) in [5.41, 5.74) is 3.02. The summed E-state index contributed by atoms with van der Waals surface area (Å²) in [7, 11) is 0. The minimum absolute atomic E-state index is 0.0367. The fourth-order valence-corrected chi connectivity index (χ4v) is 9.84. The molecule has 0 aliphatic carbocycles. The first-order chi connectivity index (χ1) is 29.2. The van der Waals surface area contributed by atoms with Crippen molar-refractivity contribution in [1.82, 2.24) is 10.0 Å². The van der Waals surface area contributed by atoms with Crippen LogP contribution in [0.25, 0.3) is 32.7 Å². The second kappa shape index (κ2) is 16.3. The first-order valence-electron chi connectivity index (χ1n) is 21.3. The Morgan fingerprint density at radius 1 is 0.656 bits per heavy atom. The highest BCUT2D eigenvalue weighted by molar-refractivity contribution is 6.15. The summed E-state index contributed by atoms with van der Waals surface area (Å²) in [5.74, 6) is -0.598. The molecule has 0 radical (unpaired) electrons. The van der Waals surface area contributed by atoms with Crippen LogP contribution >= 0.6 is 0 Å². The third-order valence-corrected chi connectivity index (χ3v) is 12.8. The first-order valence-corrected chi connectivity index (χ1v) is 21.3. The molecular formula is C49H56N4O8. The van der Waals surface area contributed by atoms with Crippen molar-refractivity contribution in [2.24, 2.45) is 10.2 Å². The number of fused-ring (bicyclic) bond motifs is 2. The van der Waals surface area contributed by atoms with Gasteiger partial charge in [0, 0.05) is 58.5 Å². The molecule has 2 aromatic heterocycles. The molecule has 320 valence electrons. The Labute approximate surface area is 355 Å². The van der Waals surface area contributed by atoms with Gasteiger partial charge in [0.2, 0.25) is 0 Å². The lowest BCUT2D eigenvalue weighted by Gasteiger charge is -2.26. The molecule has 0 bridgehead atoms. The van der Waals surface area contributed by atoms with E-state index in [4.69, 9.17) is 19.0 Å². The lowest BCUT2D eigenvalue weighted by molar-refractivity contribution is 0.206. The second-order valence-electron chi connectivity index (χ2n) is 17.5. The number of aryl methyl sites for hydroxylation is 2. The predicted octanol–water partition coefficient (Wildman–Crippen LogP) is 10.4. The molecule has 4 heterocycles. The molecule has 12 nitrogen and oxygen atoms in total. The zero-order chi connectivity index (χ0) is 43.4. The molecule has 0 saturated carbocycles. The number of aromatic hydroxyl groups is 6. The van der Waals surface area contributed by atoms with E-state index in [9.17, 15) is 30.6 Å². The Kier molecular flexibility index (Phi) is 11.1. The molecule has 6 aromatic rings. The first kappa shape index (κ1) is 41.4. The molecular weight excluding hydrogens is 773 g/mol. The maximum Gasteiger partial charge on any atom is 0.167 e. The normalized spacial score (nSPS) is 18.5. The van der Waals surface area contributed by atoms with Crippen molar-refractivity contribution in [1.29, 1.82) is 0 Å². The molecule has 61 heavy (non-hydrogen) atoms. The van der Waals surface area contributed by atoms with Crippen LogP contribution in [0.5, 0.6) is 34.5 Å². The van der Waals surface area contributed by atoms with Crippen molar-refractivity contribution >= 4 is 34.0 Å². The number of benzene rings is 4. The van der Waals surface area contributed by atoms with E-state index < -0.39 is 11.5 Å². The lowest BCUT2D eigenvalue weighted by Crippen LogP contribution is -2.31. The smallest absolute Gasteiger partial charge is 0.167 e. The van der Waals surface area contributed by atoms with E-state index >= 15 is 0 Å². The largest absolute Gasteiger partial charge is 0.507 e. The minimum Gasteiger partial charge on any atom is -0.507 e. The topological polar surface area (TPSA) is 179 Å². The van der Waals surface area contributed by atoms with Gasteiger partial charge in [0.25, 0.3) is 0 Å². The third kappa shape index (κ3) is 7.25. The fourth-order valence-electron chi connectivity index (χ4n) is 9.84. The van der Waals surface area contributed by atoms with Gasteiger partial charge < -0.3 is 39.5 Å². The highest BCUT2D eigenvalue weighted by Crippen LogP contribution is 2.54. The van der Waals surface area contributed by atoms with E-state index in [0.717, 1.165) is 37.2 Å². The average Bonchev–Trinajstić information content (AvgIpc) is 4.05. The monoisotopic (exact) mass is 828 g/mol. The molecule has 3 atom stereocenters. The van der Waals surface area contributed by atoms with Crippen LogP contribution in [0.3, 0.4) is 0 Å². The van der Waals surface area contributed by atoms with Gasteiger partial charge >= 0.3 is 0 Å². The predicted molar refractivity (Wildman–Crippen MR) is 239 cm³/mol. The van der Waals surface area contributed by atoms with E-state index in [1.54, 1.807) is 12.5 Å². The number of furan rings is 2. The molecule has 2 aliphatic rings. The Bertz CT molecular complexity index is 2660. The molecule has 2 aliphatic heterocycles. The van der Waals surface area contributed by atoms with Gasteiger partial charge in [-0.3, -0.25) is 10.0 Å². The second-order valence-corrected chi connectivity index (χ2v) is 17.5. The van der Waals surface area contributed by atoms with Crippen LogP contribution in [0.1, 0.15) is 117 Å². The summed E-state index contributed by atoms with van der Waals surface area (Å²) in [5, 5.41) is 87.0. The zero-order valence-corrected chi connectivity index (χ0v) is 35.9. The van der Waals surface area contributed by atoms with Crippen LogP contribution in [0.15, 0.2) is 68.0 Å². The van der Waals surface area contributed by atoms with Crippen LogP contribution in [0.4, 0.5) is 0 Å². The fraction of sp³-hybridized carbons (Fsp3) is 0.388. The average molecular weight is 829 g/mol. The Hall–Kier alpha value is -6.30. The number of nitrogens with zero attached hydrogens (tertiary/aromatic N) is 4. The van der Waals surface area contributed by atoms with Crippen LogP contribution in [-0.4, -0.2) is 77.8 Å². The van der Waals surface area contributed by atoms with E-state index in [2.05, 4.69) is 6.92 Å². The summed E-state index contributed by atoms with van der Waals surface area (Å²) in [6.07, 6.45) is 11.2. The van der Waals surface area contributed by atoms with Gasteiger partial charge in [-0.15, -0.1) is 0 Å². The maximum atomic E-state index is 12.6. The van der Waals surface area contributed by atoms with Gasteiger partial charge in [0.05, 0.1) is 48.2 Å². The summed E-state index contributed by atoms with van der Waals surface area (Å²) in [6.45, 7) is 14.1. The van der Waals surface area contributed by atoms with Crippen LogP contribution in [0.2, 0.25) is 0 Å². The molecule has 6 N–H and O–H groups in total. The maximum absolute atomic E-state index is 12.6. The van der Waals surface area contributed by atoms with Crippen molar-refractivity contribution < 1.29 is 39.5 Å². The summed E-state index contributed by atoms with van der Waals surface area (Å²) < 4.78 is 11.3. The molecule has 12 heteroatoms. The molecule has 4 aromatic carbocycles. The van der Waals surface area contributed by atoms with Gasteiger partial charge in [0.15, 0.2) is 23.0 Å². The molecule has 8 rings (SSSR count). The SMILES string of the molecule is Cc1cc2c(C(C)C)c(O)c(O)c(C=NN3CCCC3Cc3ccco3)c2c(O)c1-c1c(C)cc2c(C(C)C)c(O)c(O)c(C=NN3C(C)CCC3Cc3ccco3)c2c1O. The molecule has 3 unspecified atom stereocenters. The highest BCUT2D eigenvalue weighted by Gasteiger charge is 2.33. The van der Waals surface area contributed by atoms with Crippen LogP contribution in [0, 0.1) is 13.8 Å². The highest BCUT2D eigenvalue weighted by atomic mass is 16.3. The number of hydrazone groups is 2. The molecule has 0 amide bonds. The summed E-state index contributed by atoms with van der Waals surface area (Å²) >= 11 is 0. The van der Waals surface area contributed by atoms with Gasteiger partial charge in [-0.05, 0) is 104 Å². The van der Waals surface area contributed by atoms with E-state index in [1.165, 1.54) is 12.4 Å².